The summed E-state index contributed by atoms with van der Waals surface area (Å²) in [5.41, 5.74) is 1.34. The smallest absolute Gasteiger partial charge is 0.189 e. The number of aromatic nitrogens is 1. The van der Waals surface area contributed by atoms with E-state index in [1.165, 1.54) is 5.56 Å². The lowest BCUT2D eigenvalue weighted by atomic mass is 9.89. The number of nitrogens with zero attached hydrogens (tertiary/aromatic N) is 1. The van der Waals surface area contributed by atoms with Gasteiger partial charge in [0.25, 0.3) is 0 Å². The highest BCUT2D eigenvalue weighted by Crippen LogP contribution is 2.43. The summed E-state index contributed by atoms with van der Waals surface area (Å²) >= 11 is 0. The molecule has 0 aliphatic carbocycles. The summed E-state index contributed by atoms with van der Waals surface area (Å²) in [6.07, 6.45) is 3.12. The van der Waals surface area contributed by atoms with E-state index in [2.05, 4.69) is 60.3 Å². The Kier molecular flexibility index (Phi) is 4.12. The topological polar surface area (TPSA) is 35.4 Å². The average Bonchev–Trinajstić information content (AvgIpc) is 2.92. The zero-order chi connectivity index (χ0) is 15.6. The quantitative estimate of drug-likeness (QED) is 0.665. The van der Waals surface area contributed by atoms with Crippen molar-refractivity contribution in [2.45, 2.75) is 38.8 Å². The molecular formula is C18H24N2O2. The van der Waals surface area contributed by atoms with Gasteiger partial charge in [-0.25, -0.2) is 0 Å². The lowest BCUT2D eigenvalue weighted by Crippen LogP contribution is -2.36. The number of hydrogen-bond donors (Lipinski definition) is 1. The summed E-state index contributed by atoms with van der Waals surface area (Å²) in [6, 6.07) is 12.9. The number of ether oxygens (including phenoxy) is 2. The molecule has 1 aromatic carbocycles. The predicted octanol–water partition coefficient (Wildman–Crippen LogP) is 4.15. The summed E-state index contributed by atoms with van der Waals surface area (Å²) in [5, 5.41) is 3.63. The minimum absolute atomic E-state index is 0.0360. The van der Waals surface area contributed by atoms with Crippen molar-refractivity contribution in [3.8, 4) is 5.75 Å². The van der Waals surface area contributed by atoms with E-state index in [0.717, 1.165) is 18.0 Å². The standard InChI is InChI=1S/C18H24N2O2/c1-4-21-13-22-16-10-11-20-17(16)19-15(12-18(20,2)3)14-8-6-5-7-9-14/h5-11,15,19H,4,12-13H2,1-3H3. The fourth-order valence-corrected chi connectivity index (χ4v) is 3.06. The average molecular weight is 300 g/mol. The van der Waals surface area contributed by atoms with Gasteiger partial charge in [-0.2, -0.15) is 0 Å². The highest BCUT2D eigenvalue weighted by atomic mass is 16.7. The van der Waals surface area contributed by atoms with Crippen LogP contribution in [0.5, 0.6) is 5.75 Å². The van der Waals surface area contributed by atoms with Crippen molar-refractivity contribution >= 4 is 5.82 Å². The van der Waals surface area contributed by atoms with Crippen LogP contribution in [0.25, 0.3) is 0 Å². The van der Waals surface area contributed by atoms with Gasteiger partial charge in [0, 0.05) is 24.4 Å². The Labute approximate surface area is 132 Å². The zero-order valence-corrected chi connectivity index (χ0v) is 13.5. The lowest BCUT2D eigenvalue weighted by Gasteiger charge is -2.39. The van der Waals surface area contributed by atoms with Gasteiger partial charge in [-0.1, -0.05) is 30.3 Å². The zero-order valence-electron chi connectivity index (χ0n) is 13.5. The van der Waals surface area contributed by atoms with Gasteiger partial charge in [0.2, 0.25) is 0 Å². The number of hydrogen-bond acceptors (Lipinski definition) is 3. The Morgan fingerprint density at radius 3 is 2.73 bits per heavy atom. The van der Waals surface area contributed by atoms with E-state index in [0.29, 0.717) is 6.61 Å². The number of benzene rings is 1. The molecule has 1 unspecified atom stereocenters. The van der Waals surface area contributed by atoms with Crippen molar-refractivity contribution in [2.75, 3.05) is 18.7 Å². The Hall–Kier alpha value is -1.94. The van der Waals surface area contributed by atoms with Crippen LogP contribution in [0.3, 0.4) is 0 Å². The van der Waals surface area contributed by atoms with Crippen molar-refractivity contribution in [2.24, 2.45) is 0 Å². The molecule has 4 heteroatoms. The van der Waals surface area contributed by atoms with Gasteiger partial charge in [0.15, 0.2) is 12.5 Å². The summed E-state index contributed by atoms with van der Waals surface area (Å²) in [6.45, 7) is 7.43. The predicted molar refractivity (Wildman–Crippen MR) is 88.3 cm³/mol. The van der Waals surface area contributed by atoms with Crippen LogP contribution >= 0.6 is 0 Å². The lowest BCUT2D eigenvalue weighted by molar-refractivity contribution is 0.0226. The number of fused-ring (bicyclic) bond motifs is 1. The van der Waals surface area contributed by atoms with Crippen LogP contribution < -0.4 is 10.1 Å². The van der Waals surface area contributed by atoms with Crippen LogP contribution in [-0.4, -0.2) is 18.0 Å². The minimum Gasteiger partial charge on any atom is -0.464 e. The SMILES string of the molecule is CCOCOc1ccn2c1NC(c1ccccc1)CC2(C)C. The van der Waals surface area contributed by atoms with E-state index < -0.39 is 0 Å². The van der Waals surface area contributed by atoms with E-state index in [4.69, 9.17) is 9.47 Å². The molecule has 1 atom stereocenters. The third-order valence-corrected chi connectivity index (χ3v) is 4.22. The Balaban J connectivity index is 1.88. The largest absolute Gasteiger partial charge is 0.464 e. The molecule has 3 rings (SSSR count). The number of nitrogens with one attached hydrogen (secondary N) is 1. The van der Waals surface area contributed by atoms with E-state index in [-0.39, 0.29) is 18.4 Å². The molecule has 1 N–H and O–H groups in total. The fourth-order valence-electron chi connectivity index (χ4n) is 3.06. The highest BCUT2D eigenvalue weighted by Gasteiger charge is 2.34. The molecule has 0 saturated carbocycles. The van der Waals surface area contributed by atoms with Crippen LogP contribution in [0, 0.1) is 0 Å². The third-order valence-electron chi connectivity index (χ3n) is 4.22. The molecule has 0 radical (unpaired) electrons. The van der Waals surface area contributed by atoms with E-state index in [9.17, 15) is 0 Å². The van der Waals surface area contributed by atoms with Gasteiger partial charge in [-0.15, -0.1) is 0 Å². The van der Waals surface area contributed by atoms with Crippen LogP contribution in [0.15, 0.2) is 42.6 Å². The molecule has 1 aromatic heterocycles. The van der Waals surface area contributed by atoms with Gasteiger partial charge in [-0.05, 0) is 32.8 Å². The van der Waals surface area contributed by atoms with Crippen molar-refractivity contribution in [1.82, 2.24) is 4.57 Å². The van der Waals surface area contributed by atoms with Gasteiger partial charge in [0.05, 0.1) is 6.04 Å². The first-order valence-electron chi connectivity index (χ1n) is 7.85. The first kappa shape index (κ1) is 15.0. The van der Waals surface area contributed by atoms with E-state index >= 15 is 0 Å². The maximum atomic E-state index is 5.76. The van der Waals surface area contributed by atoms with Crippen molar-refractivity contribution in [1.29, 1.82) is 0 Å². The van der Waals surface area contributed by atoms with Gasteiger partial charge in [-0.3, -0.25) is 0 Å². The van der Waals surface area contributed by atoms with Crippen molar-refractivity contribution in [3.63, 3.8) is 0 Å². The monoisotopic (exact) mass is 300 g/mol. The van der Waals surface area contributed by atoms with E-state index in [1.807, 2.05) is 13.0 Å². The first-order chi connectivity index (χ1) is 10.6. The minimum atomic E-state index is 0.0360. The summed E-state index contributed by atoms with van der Waals surface area (Å²) < 4.78 is 13.3. The summed E-state index contributed by atoms with van der Waals surface area (Å²) in [4.78, 5) is 0. The van der Waals surface area contributed by atoms with Crippen molar-refractivity contribution in [3.05, 3.63) is 48.2 Å². The molecule has 0 spiro atoms. The second-order valence-corrected chi connectivity index (χ2v) is 6.28. The molecule has 0 amide bonds. The maximum Gasteiger partial charge on any atom is 0.189 e. The van der Waals surface area contributed by atoms with Crippen LogP contribution in [-0.2, 0) is 10.3 Å². The normalized spacial score (nSPS) is 19.3. The Bertz CT molecular complexity index is 619. The Morgan fingerprint density at radius 1 is 1.23 bits per heavy atom. The molecular weight excluding hydrogens is 276 g/mol. The third kappa shape index (κ3) is 2.83. The first-order valence-corrected chi connectivity index (χ1v) is 7.85. The molecule has 4 nitrogen and oxygen atoms in total. The van der Waals surface area contributed by atoms with Crippen molar-refractivity contribution < 1.29 is 9.47 Å². The second kappa shape index (κ2) is 6.05. The Morgan fingerprint density at radius 2 is 2.00 bits per heavy atom. The highest BCUT2D eigenvalue weighted by molar-refractivity contribution is 5.56. The van der Waals surface area contributed by atoms with Gasteiger partial charge < -0.3 is 19.4 Å². The molecule has 0 fully saturated rings. The fraction of sp³-hybridized carbons (Fsp3) is 0.444. The van der Waals surface area contributed by atoms with Crippen LogP contribution in [0.2, 0.25) is 0 Å². The number of anilines is 1. The molecule has 2 heterocycles. The molecule has 1 aliphatic rings. The summed E-state index contributed by atoms with van der Waals surface area (Å²) in [7, 11) is 0. The number of rotatable bonds is 5. The maximum absolute atomic E-state index is 5.76. The molecule has 1 aliphatic heterocycles. The molecule has 22 heavy (non-hydrogen) atoms. The van der Waals surface area contributed by atoms with Gasteiger partial charge >= 0.3 is 0 Å². The molecule has 118 valence electrons. The van der Waals surface area contributed by atoms with Gasteiger partial charge in [0.1, 0.15) is 5.82 Å². The molecule has 0 saturated heterocycles. The molecule has 2 aromatic rings. The summed E-state index contributed by atoms with van der Waals surface area (Å²) in [5.74, 6) is 1.88. The van der Waals surface area contributed by atoms with Crippen LogP contribution in [0.4, 0.5) is 5.82 Å². The second-order valence-electron chi connectivity index (χ2n) is 6.28. The van der Waals surface area contributed by atoms with E-state index in [1.54, 1.807) is 0 Å². The van der Waals surface area contributed by atoms with Crippen LogP contribution in [0.1, 0.15) is 38.8 Å². The molecule has 0 bridgehead atoms.